The zero-order chi connectivity index (χ0) is 18.0. The standard InChI is InChI=1S/C17H11ClN2O5/c1-24-15-7-2-10(9-14(15)20(22)23)8-13-17(21)25-16(19-13)11-3-5-12(18)6-4-11/h2-9H,1H3. The molecule has 0 spiro atoms. The van der Waals surface area contributed by atoms with Crippen molar-refractivity contribution in [3.05, 3.63) is 74.4 Å². The third-order valence-electron chi connectivity index (χ3n) is 3.41. The summed E-state index contributed by atoms with van der Waals surface area (Å²) in [4.78, 5) is 26.6. The van der Waals surface area contributed by atoms with Gasteiger partial charge in [0.1, 0.15) is 0 Å². The molecule has 0 bridgehead atoms. The third kappa shape index (κ3) is 3.51. The van der Waals surface area contributed by atoms with E-state index in [9.17, 15) is 14.9 Å². The maximum Gasteiger partial charge on any atom is 0.363 e. The average Bonchev–Trinajstić information content (AvgIpc) is 2.96. The van der Waals surface area contributed by atoms with Crippen molar-refractivity contribution in [2.24, 2.45) is 4.99 Å². The summed E-state index contributed by atoms with van der Waals surface area (Å²) < 4.78 is 10.1. The van der Waals surface area contributed by atoms with E-state index in [0.717, 1.165) is 0 Å². The van der Waals surface area contributed by atoms with Crippen LogP contribution in [-0.4, -0.2) is 23.9 Å². The van der Waals surface area contributed by atoms with Crippen molar-refractivity contribution in [1.29, 1.82) is 0 Å². The molecule has 8 heteroatoms. The topological polar surface area (TPSA) is 91.0 Å². The van der Waals surface area contributed by atoms with Gasteiger partial charge in [0.2, 0.25) is 5.90 Å². The molecule has 3 rings (SSSR count). The number of carbonyl (C=O) groups excluding carboxylic acids is 1. The van der Waals surface area contributed by atoms with Gasteiger partial charge in [-0.05, 0) is 42.0 Å². The van der Waals surface area contributed by atoms with Crippen LogP contribution < -0.4 is 4.74 Å². The lowest BCUT2D eigenvalue weighted by atomic mass is 10.1. The smallest absolute Gasteiger partial charge is 0.363 e. The van der Waals surface area contributed by atoms with Gasteiger partial charge >= 0.3 is 11.7 Å². The number of nitro benzene ring substituents is 1. The number of hydrogen-bond acceptors (Lipinski definition) is 6. The van der Waals surface area contributed by atoms with Crippen molar-refractivity contribution in [2.75, 3.05) is 7.11 Å². The van der Waals surface area contributed by atoms with E-state index >= 15 is 0 Å². The van der Waals surface area contributed by atoms with Gasteiger partial charge in [-0.3, -0.25) is 10.1 Å². The van der Waals surface area contributed by atoms with E-state index in [2.05, 4.69) is 4.99 Å². The minimum atomic E-state index is -0.636. The number of cyclic esters (lactones) is 1. The van der Waals surface area contributed by atoms with E-state index in [1.807, 2.05) is 0 Å². The van der Waals surface area contributed by atoms with Crippen LogP contribution >= 0.6 is 11.6 Å². The number of carbonyl (C=O) groups is 1. The fourth-order valence-electron chi connectivity index (χ4n) is 2.22. The molecule has 1 aliphatic rings. The van der Waals surface area contributed by atoms with Gasteiger partial charge in [0.05, 0.1) is 12.0 Å². The summed E-state index contributed by atoms with van der Waals surface area (Å²) in [6.07, 6.45) is 1.41. The monoisotopic (exact) mass is 358 g/mol. The summed E-state index contributed by atoms with van der Waals surface area (Å²) in [7, 11) is 1.34. The summed E-state index contributed by atoms with van der Waals surface area (Å²) in [5.41, 5.74) is 0.872. The summed E-state index contributed by atoms with van der Waals surface area (Å²) in [6, 6.07) is 11.0. The van der Waals surface area contributed by atoms with Crippen molar-refractivity contribution < 1.29 is 19.2 Å². The molecule has 0 atom stereocenters. The summed E-state index contributed by atoms with van der Waals surface area (Å²) in [5.74, 6) is -0.356. The predicted octanol–water partition coefficient (Wildman–Crippen LogP) is 3.60. The Kier molecular flexibility index (Phi) is 4.49. The van der Waals surface area contributed by atoms with E-state index in [1.54, 1.807) is 30.3 Å². The number of halogens is 1. The fourth-order valence-corrected chi connectivity index (χ4v) is 2.35. The molecule has 25 heavy (non-hydrogen) atoms. The minimum absolute atomic E-state index is 0.0458. The van der Waals surface area contributed by atoms with Crippen LogP contribution in [0.4, 0.5) is 5.69 Å². The molecular weight excluding hydrogens is 348 g/mol. The average molecular weight is 359 g/mol. The molecule has 2 aromatic rings. The Morgan fingerprint density at radius 3 is 2.60 bits per heavy atom. The maximum atomic E-state index is 12.0. The highest BCUT2D eigenvalue weighted by atomic mass is 35.5. The second-order valence-electron chi connectivity index (χ2n) is 5.03. The molecule has 0 saturated heterocycles. The predicted molar refractivity (Wildman–Crippen MR) is 91.7 cm³/mol. The first-order valence-electron chi connectivity index (χ1n) is 7.09. The third-order valence-corrected chi connectivity index (χ3v) is 3.67. The Labute approximate surface area is 147 Å². The van der Waals surface area contributed by atoms with Crippen molar-refractivity contribution >= 4 is 35.2 Å². The zero-order valence-corrected chi connectivity index (χ0v) is 13.7. The Morgan fingerprint density at radius 1 is 1.24 bits per heavy atom. The number of ether oxygens (including phenoxy) is 2. The van der Waals surface area contributed by atoms with Gasteiger partial charge < -0.3 is 9.47 Å². The van der Waals surface area contributed by atoms with Crippen LogP contribution in [0.1, 0.15) is 11.1 Å². The highest BCUT2D eigenvalue weighted by Gasteiger charge is 2.24. The van der Waals surface area contributed by atoms with Crippen LogP contribution in [0.15, 0.2) is 53.2 Å². The van der Waals surface area contributed by atoms with Crippen molar-refractivity contribution in [3.63, 3.8) is 0 Å². The van der Waals surface area contributed by atoms with Crippen molar-refractivity contribution in [1.82, 2.24) is 0 Å². The Bertz CT molecular complexity index is 919. The summed E-state index contributed by atoms with van der Waals surface area (Å²) in [6.45, 7) is 0. The molecule has 1 heterocycles. The molecule has 0 unspecified atom stereocenters. The lowest BCUT2D eigenvalue weighted by Crippen LogP contribution is -2.05. The highest BCUT2D eigenvalue weighted by Crippen LogP contribution is 2.29. The quantitative estimate of drug-likeness (QED) is 0.360. The van der Waals surface area contributed by atoms with E-state index in [-0.39, 0.29) is 23.0 Å². The highest BCUT2D eigenvalue weighted by molar-refractivity contribution is 6.30. The number of nitrogens with zero attached hydrogens (tertiary/aromatic N) is 2. The molecule has 0 fully saturated rings. The second kappa shape index (κ2) is 6.74. The molecular formula is C17H11ClN2O5. The van der Waals surface area contributed by atoms with E-state index in [1.165, 1.54) is 25.3 Å². The largest absolute Gasteiger partial charge is 0.490 e. The van der Waals surface area contributed by atoms with Gasteiger partial charge in [0, 0.05) is 16.7 Å². The fraction of sp³-hybridized carbons (Fsp3) is 0.0588. The second-order valence-corrected chi connectivity index (χ2v) is 5.47. The lowest BCUT2D eigenvalue weighted by molar-refractivity contribution is -0.385. The Morgan fingerprint density at radius 2 is 1.96 bits per heavy atom. The molecule has 0 aliphatic carbocycles. The maximum absolute atomic E-state index is 12.0. The molecule has 0 radical (unpaired) electrons. The Balaban J connectivity index is 1.95. The van der Waals surface area contributed by atoms with Gasteiger partial charge in [-0.15, -0.1) is 0 Å². The number of methoxy groups -OCH3 is 1. The normalized spacial score (nSPS) is 15.0. The van der Waals surface area contributed by atoms with Gasteiger partial charge in [-0.1, -0.05) is 17.7 Å². The van der Waals surface area contributed by atoms with E-state index < -0.39 is 10.9 Å². The van der Waals surface area contributed by atoms with Gasteiger partial charge in [-0.2, -0.15) is 0 Å². The molecule has 0 amide bonds. The number of hydrogen-bond donors (Lipinski definition) is 0. The lowest BCUT2D eigenvalue weighted by Gasteiger charge is -2.02. The van der Waals surface area contributed by atoms with Gasteiger partial charge in [0.15, 0.2) is 11.4 Å². The van der Waals surface area contributed by atoms with Crippen LogP contribution in [-0.2, 0) is 9.53 Å². The molecule has 7 nitrogen and oxygen atoms in total. The van der Waals surface area contributed by atoms with Crippen LogP contribution in [0, 0.1) is 10.1 Å². The summed E-state index contributed by atoms with van der Waals surface area (Å²) in [5, 5.41) is 11.6. The molecule has 2 aromatic carbocycles. The SMILES string of the molecule is COc1ccc(C=C2N=C(c3ccc(Cl)cc3)OC2=O)cc1[N+](=O)[O-]. The van der Waals surface area contributed by atoms with E-state index in [4.69, 9.17) is 21.1 Å². The van der Waals surface area contributed by atoms with Crippen LogP contribution in [0.3, 0.4) is 0 Å². The number of aliphatic imine (C=N–C) groups is 1. The first kappa shape index (κ1) is 16.7. The van der Waals surface area contributed by atoms with Crippen LogP contribution in [0.25, 0.3) is 6.08 Å². The van der Waals surface area contributed by atoms with Crippen molar-refractivity contribution in [3.8, 4) is 5.75 Å². The zero-order valence-electron chi connectivity index (χ0n) is 12.9. The van der Waals surface area contributed by atoms with Crippen molar-refractivity contribution in [2.45, 2.75) is 0 Å². The first-order valence-corrected chi connectivity index (χ1v) is 7.46. The minimum Gasteiger partial charge on any atom is -0.490 e. The number of rotatable bonds is 4. The van der Waals surface area contributed by atoms with Crippen LogP contribution in [0.2, 0.25) is 5.02 Å². The van der Waals surface area contributed by atoms with E-state index in [0.29, 0.717) is 16.1 Å². The molecule has 1 aliphatic heterocycles. The Hall–Kier alpha value is -3.19. The number of esters is 1. The number of nitro groups is 1. The molecule has 0 aromatic heterocycles. The van der Waals surface area contributed by atoms with Crippen LogP contribution in [0.5, 0.6) is 5.75 Å². The van der Waals surface area contributed by atoms with Gasteiger partial charge in [0.25, 0.3) is 0 Å². The molecule has 126 valence electrons. The molecule has 0 saturated carbocycles. The molecule has 0 N–H and O–H groups in total. The number of benzene rings is 2. The summed E-state index contributed by atoms with van der Waals surface area (Å²) >= 11 is 5.82. The van der Waals surface area contributed by atoms with Gasteiger partial charge in [-0.25, -0.2) is 9.79 Å². The first-order chi connectivity index (χ1) is 12.0.